The predicted molar refractivity (Wildman–Crippen MR) is 95.9 cm³/mol. The van der Waals surface area contributed by atoms with Crippen LogP contribution in [0.3, 0.4) is 0 Å². The molecule has 2 radical (unpaired) electrons. The minimum atomic E-state index is -7.41. The van der Waals surface area contributed by atoms with Gasteiger partial charge in [0.1, 0.15) is 0 Å². The van der Waals surface area contributed by atoms with E-state index < -0.39 is 56.7 Å². The fourth-order valence-electron chi connectivity index (χ4n) is 1.20. The molecule has 0 aromatic rings. The van der Waals surface area contributed by atoms with E-state index in [2.05, 4.69) is 0 Å². The number of carbonyl (C=O) groups excluding carboxylic acids is 1. The van der Waals surface area contributed by atoms with Gasteiger partial charge in [0.05, 0.1) is 12.5 Å². The summed E-state index contributed by atoms with van der Waals surface area (Å²) in [5, 5.41) is 19.3. The maximum Gasteiger partial charge on any atom is 3.00 e. The molecule has 0 aliphatic heterocycles. The molecule has 40 heavy (non-hydrogen) atoms. The SMILES string of the molecule is CC(C)O.CC(C)O.CCN(CC(=O)[O-])S(=O)(=O)C(F)(F)C(F)(F)C(F)(F)C(F)(F)F.O.O.[Cl-].[Cl-].[Cl-].[Cl-].[Cr+3].[Cr+3].[OH-]. The van der Waals surface area contributed by atoms with Gasteiger partial charge in [0.2, 0.25) is 0 Å². The van der Waals surface area contributed by atoms with Gasteiger partial charge in [0.15, 0.2) is 0 Å². The van der Waals surface area contributed by atoms with Crippen molar-refractivity contribution in [1.29, 1.82) is 0 Å². The number of aliphatic hydroxyl groups is 2. The number of aliphatic hydroxyl groups excluding tert-OH is 2. The van der Waals surface area contributed by atoms with Crippen LogP contribution in [0.5, 0.6) is 0 Å². The van der Waals surface area contributed by atoms with Crippen LogP contribution >= 0.6 is 0 Å². The first-order valence-corrected chi connectivity index (χ1v) is 9.54. The Morgan fingerprint density at radius 1 is 0.775 bits per heavy atom. The van der Waals surface area contributed by atoms with Gasteiger partial charge in [-0.1, -0.05) is 6.92 Å². The van der Waals surface area contributed by atoms with Gasteiger partial charge in [-0.2, -0.15) is 43.8 Å². The van der Waals surface area contributed by atoms with Gasteiger partial charge < -0.3 is 86.2 Å². The van der Waals surface area contributed by atoms with Crippen molar-refractivity contribution in [3.8, 4) is 0 Å². The molecular weight excluding hydrogens is 775 g/mol. The molecule has 0 saturated carbocycles. The molecule has 0 saturated heterocycles. The Hall–Kier alpha value is 0.775. The van der Waals surface area contributed by atoms with E-state index in [1.165, 1.54) is 0 Å². The monoisotopic (exact) mass is 801 g/mol. The molecule has 0 aliphatic rings. The largest absolute Gasteiger partial charge is 3.00 e. The topological polar surface area (TPSA) is 211 Å². The third-order valence-electron chi connectivity index (χ3n) is 2.44. The Kier molecular flexibility index (Phi) is 58.1. The summed E-state index contributed by atoms with van der Waals surface area (Å²) in [6, 6.07) is 0. The number of hydrogen-bond donors (Lipinski definition) is 2. The van der Waals surface area contributed by atoms with E-state index in [-0.39, 0.29) is 113 Å². The van der Waals surface area contributed by atoms with E-state index in [9.17, 15) is 57.8 Å². The van der Waals surface area contributed by atoms with Crippen molar-refractivity contribution in [1.82, 2.24) is 4.31 Å². The molecular formula is C14H28Cl4Cr2F9NO9S. The summed E-state index contributed by atoms with van der Waals surface area (Å²) in [6.07, 6.45) is -7.53. The molecule has 0 aromatic carbocycles. The molecule has 0 rings (SSSR count). The average molecular weight is 803 g/mol. The number of carboxylic acid groups (broad SMARTS) is 1. The first-order chi connectivity index (χ1) is 13.3. The van der Waals surface area contributed by atoms with Crippen LogP contribution in [0.1, 0.15) is 34.6 Å². The van der Waals surface area contributed by atoms with E-state index in [1.54, 1.807) is 27.7 Å². The minimum absolute atomic E-state index is 0. The molecule has 0 atom stereocenters. The Morgan fingerprint density at radius 2 is 1.00 bits per heavy atom. The maximum atomic E-state index is 13.3. The Bertz CT molecular complexity index is 676. The van der Waals surface area contributed by atoms with Crippen LogP contribution in [-0.4, -0.2) is 93.9 Å². The summed E-state index contributed by atoms with van der Waals surface area (Å²) >= 11 is 0. The first-order valence-electron chi connectivity index (χ1n) is 8.10. The zero-order chi connectivity index (χ0) is 26.2. The second kappa shape index (κ2) is 29.8. The molecule has 0 heterocycles. The number of carboxylic acids is 1. The van der Waals surface area contributed by atoms with Crippen LogP contribution in [-0.2, 0) is 49.5 Å². The van der Waals surface area contributed by atoms with Gasteiger partial charge in [0.25, 0.3) is 10.0 Å². The Morgan fingerprint density at radius 3 is 1.15 bits per heavy atom. The van der Waals surface area contributed by atoms with Crippen molar-refractivity contribution in [3.05, 3.63) is 0 Å². The van der Waals surface area contributed by atoms with Crippen molar-refractivity contribution in [2.24, 2.45) is 0 Å². The second-order valence-electron chi connectivity index (χ2n) is 6.15. The summed E-state index contributed by atoms with van der Waals surface area (Å²) in [6.45, 7) is 4.35. The van der Waals surface area contributed by atoms with Gasteiger partial charge in [-0.05, 0) is 27.7 Å². The summed E-state index contributed by atoms with van der Waals surface area (Å²) in [4.78, 5) is 10.2. The zero-order valence-corrected chi connectivity index (χ0v) is 27.0. The third-order valence-corrected chi connectivity index (χ3v) is 4.41. The zero-order valence-electron chi connectivity index (χ0n) is 20.6. The standard InChI is InChI=1S/C8H8F9NO4S.2C3H8O.4ClH.2Cr.3H2O/c1-2-18(3-4(19)20)23(21,22)8(16,17)6(11,12)5(9,10)7(13,14)15;2*1-3(2)4;;;;;;;;;/h2-3H2,1H3,(H,19,20);2*3-4H,1-2H3;4*1H;;;3*1H2/q;;;;;;;2*+3;;;/p-6. The molecule has 0 fully saturated rings. The molecule has 0 bridgehead atoms. The molecule has 26 heteroatoms. The molecule has 0 amide bonds. The van der Waals surface area contributed by atoms with Crippen molar-refractivity contribution < 1.29 is 169 Å². The number of likely N-dealkylation sites (N-methyl/N-ethyl adjacent to an activating group) is 1. The van der Waals surface area contributed by atoms with E-state index in [0.29, 0.717) is 6.92 Å². The predicted octanol–water partition coefficient (Wildman–Crippen LogP) is -12.2. The van der Waals surface area contributed by atoms with E-state index >= 15 is 0 Å². The average Bonchev–Trinajstić information content (AvgIpc) is 2.49. The molecule has 0 aliphatic carbocycles. The quantitative estimate of drug-likeness (QED) is 0.237. The number of halogens is 13. The Balaban J connectivity index is -0.0000000409. The number of carbonyl (C=O) groups is 1. The molecule has 0 spiro atoms. The van der Waals surface area contributed by atoms with E-state index in [0.717, 1.165) is 0 Å². The Labute approximate surface area is 271 Å². The second-order valence-corrected chi connectivity index (χ2v) is 8.13. The van der Waals surface area contributed by atoms with Crippen molar-refractivity contribution in [2.45, 2.75) is 70.1 Å². The van der Waals surface area contributed by atoms with Crippen molar-refractivity contribution in [3.63, 3.8) is 0 Å². The summed E-state index contributed by atoms with van der Waals surface area (Å²) in [7, 11) is -6.90. The maximum absolute atomic E-state index is 13.3. The van der Waals surface area contributed by atoms with Crippen LogP contribution in [0.2, 0.25) is 0 Å². The van der Waals surface area contributed by atoms with Crippen LogP contribution in [0.4, 0.5) is 39.5 Å². The van der Waals surface area contributed by atoms with Gasteiger partial charge >= 0.3 is 58.0 Å². The van der Waals surface area contributed by atoms with Gasteiger partial charge in [0, 0.05) is 18.8 Å². The summed E-state index contributed by atoms with van der Waals surface area (Å²) < 4.78 is 135. The van der Waals surface area contributed by atoms with Crippen LogP contribution in [0.15, 0.2) is 0 Å². The third kappa shape index (κ3) is 23.3. The van der Waals surface area contributed by atoms with Gasteiger partial charge in [-0.25, -0.2) is 8.42 Å². The number of rotatable bonds is 7. The van der Waals surface area contributed by atoms with Crippen LogP contribution in [0.25, 0.3) is 0 Å². The van der Waals surface area contributed by atoms with Crippen LogP contribution < -0.4 is 54.7 Å². The fraction of sp³-hybridized carbons (Fsp3) is 0.929. The van der Waals surface area contributed by atoms with Crippen molar-refractivity contribution >= 4 is 16.0 Å². The number of hydrogen-bond acceptors (Lipinski definition) is 7. The molecule has 0 unspecified atom stereocenters. The van der Waals surface area contributed by atoms with Crippen molar-refractivity contribution in [2.75, 3.05) is 13.1 Å². The molecule has 7 N–H and O–H groups in total. The first kappa shape index (κ1) is 77.9. The number of sulfonamides is 1. The number of aliphatic carboxylic acids is 1. The fourth-order valence-corrected chi connectivity index (χ4v) is 2.59. The van der Waals surface area contributed by atoms with E-state index in [4.69, 9.17) is 10.2 Å². The molecule has 0 aromatic heterocycles. The summed E-state index contributed by atoms with van der Waals surface area (Å²) in [5.41, 5.74) is 0. The van der Waals surface area contributed by atoms with E-state index in [1.807, 2.05) is 0 Å². The summed E-state index contributed by atoms with van der Waals surface area (Å²) in [5.74, 6) is -17.2. The van der Waals surface area contributed by atoms with Gasteiger partial charge in [-0.15, -0.1) is 0 Å². The molecule has 252 valence electrons. The normalized spacial score (nSPS) is 10.5. The van der Waals surface area contributed by atoms with Crippen LogP contribution in [0, 0.1) is 0 Å². The van der Waals surface area contributed by atoms with Gasteiger partial charge in [-0.3, -0.25) is 0 Å². The smallest absolute Gasteiger partial charge is 1.00 e. The molecule has 10 nitrogen and oxygen atoms in total. The number of alkyl halides is 9. The minimum Gasteiger partial charge on any atom is -1.00 e. The number of nitrogens with zero attached hydrogens (tertiary/aromatic N) is 1.